The van der Waals surface area contributed by atoms with Crippen molar-refractivity contribution in [3.8, 4) is 5.75 Å². The van der Waals surface area contributed by atoms with Crippen LogP contribution in [0.1, 0.15) is 24.2 Å². The monoisotopic (exact) mass is 387 g/mol. The first-order valence-electron chi connectivity index (χ1n) is 7.98. The first kappa shape index (κ1) is 22.4. The maximum atomic E-state index is 11.6. The van der Waals surface area contributed by atoms with Crippen LogP contribution in [-0.4, -0.2) is 70.3 Å². The molecule has 1 aliphatic heterocycles. The van der Waals surface area contributed by atoms with Crippen molar-refractivity contribution < 1.29 is 44.0 Å². The van der Waals surface area contributed by atoms with Gasteiger partial charge in [0.05, 0.1) is 17.6 Å². The molecule has 1 aromatic carbocycles. The molecule has 1 heterocycles. The van der Waals surface area contributed by atoms with Gasteiger partial charge >= 0.3 is 5.97 Å². The van der Waals surface area contributed by atoms with Crippen LogP contribution in [0.25, 0.3) is 0 Å². The van der Waals surface area contributed by atoms with E-state index in [0.29, 0.717) is 6.29 Å². The summed E-state index contributed by atoms with van der Waals surface area (Å²) >= 11 is 0. The van der Waals surface area contributed by atoms with Crippen molar-refractivity contribution in [3.05, 3.63) is 33.9 Å². The molecular weight excluding hydrogens is 366 g/mol. The van der Waals surface area contributed by atoms with Crippen molar-refractivity contribution >= 4 is 17.9 Å². The van der Waals surface area contributed by atoms with Gasteiger partial charge in [0.2, 0.25) is 6.29 Å². The summed E-state index contributed by atoms with van der Waals surface area (Å²) in [4.78, 5) is 32.7. The Hall–Kier alpha value is -2.60. The van der Waals surface area contributed by atoms with E-state index in [1.807, 2.05) is 13.8 Å². The second kappa shape index (κ2) is 9.92. The van der Waals surface area contributed by atoms with Gasteiger partial charge in [-0.05, 0) is 6.07 Å². The van der Waals surface area contributed by atoms with Gasteiger partial charge in [-0.25, -0.2) is 4.79 Å². The number of methoxy groups -OCH3 is 1. The van der Waals surface area contributed by atoms with Crippen LogP contribution in [0, 0.1) is 10.1 Å². The number of aldehydes is 1. The summed E-state index contributed by atoms with van der Waals surface area (Å²) in [6, 6.07) is 3.10. The molecule has 2 rings (SSSR count). The van der Waals surface area contributed by atoms with E-state index in [2.05, 4.69) is 4.74 Å². The van der Waals surface area contributed by atoms with Gasteiger partial charge in [-0.3, -0.25) is 14.9 Å². The van der Waals surface area contributed by atoms with Gasteiger partial charge in [0.1, 0.15) is 24.1 Å². The number of ether oxygens (including phenoxy) is 3. The fourth-order valence-corrected chi connectivity index (χ4v) is 2.23. The summed E-state index contributed by atoms with van der Waals surface area (Å²) in [6.45, 7) is 4.00. The highest BCUT2D eigenvalue weighted by Gasteiger charge is 2.48. The number of nitro groups is 1. The van der Waals surface area contributed by atoms with Crippen molar-refractivity contribution in [1.29, 1.82) is 0 Å². The number of non-ortho nitro benzene ring substituents is 1. The maximum Gasteiger partial charge on any atom is 0.337 e. The number of aliphatic hydroxyl groups is 3. The van der Waals surface area contributed by atoms with E-state index in [1.54, 1.807) is 0 Å². The lowest BCUT2D eigenvalue weighted by Crippen LogP contribution is -2.61. The van der Waals surface area contributed by atoms with Gasteiger partial charge in [-0.1, -0.05) is 13.8 Å². The zero-order chi connectivity index (χ0) is 20.7. The minimum Gasteiger partial charge on any atom is -0.467 e. The molecule has 27 heavy (non-hydrogen) atoms. The lowest BCUT2D eigenvalue weighted by Gasteiger charge is -2.38. The number of nitrogens with zero attached hydrogens (tertiary/aromatic N) is 1. The zero-order valence-electron chi connectivity index (χ0n) is 14.8. The Morgan fingerprint density at radius 2 is 1.85 bits per heavy atom. The molecule has 0 saturated carbocycles. The van der Waals surface area contributed by atoms with Crippen LogP contribution < -0.4 is 4.74 Å². The van der Waals surface area contributed by atoms with E-state index in [9.17, 15) is 35.0 Å². The summed E-state index contributed by atoms with van der Waals surface area (Å²) in [6.07, 6.45) is -8.29. The highest BCUT2D eigenvalue weighted by atomic mass is 16.7. The number of hydrogen-bond donors (Lipinski definition) is 3. The van der Waals surface area contributed by atoms with E-state index in [-0.39, 0.29) is 17.0 Å². The lowest BCUT2D eigenvalue weighted by molar-refractivity contribution is -0.384. The third-order valence-corrected chi connectivity index (χ3v) is 3.58. The van der Waals surface area contributed by atoms with Gasteiger partial charge in [0.25, 0.3) is 5.69 Å². The van der Waals surface area contributed by atoms with E-state index in [4.69, 9.17) is 9.47 Å². The number of esters is 1. The second-order valence-electron chi connectivity index (χ2n) is 5.13. The van der Waals surface area contributed by atoms with Gasteiger partial charge < -0.3 is 29.5 Å². The quantitative estimate of drug-likeness (QED) is 0.266. The summed E-state index contributed by atoms with van der Waals surface area (Å²) in [5.74, 6) is -1.19. The normalized spacial score (nSPS) is 27.0. The molecule has 5 unspecified atom stereocenters. The molecule has 3 N–H and O–H groups in total. The number of benzene rings is 1. The smallest absolute Gasteiger partial charge is 0.337 e. The number of nitro benzene ring substituents is 1. The lowest BCUT2D eigenvalue weighted by atomic mass is 9.99. The average molecular weight is 387 g/mol. The summed E-state index contributed by atoms with van der Waals surface area (Å²) in [5, 5.41) is 40.3. The van der Waals surface area contributed by atoms with Crippen molar-refractivity contribution in [2.45, 2.75) is 44.6 Å². The molecule has 0 aromatic heterocycles. The third-order valence-electron chi connectivity index (χ3n) is 3.58. The van der Waals surface area contributed by atoms with E-state index in [0.717, 1.165) is 25.3 Å². The molecule has 0 radical (unpaired) electrons. The minimum absolute atomic E-state index is 0.183. The molecule has 1 fully saturated rings. The Labute approximate surface area is 154 Å². The van der Waals surface area contributed by atoms with Crippen LogP contribution in [0.4, 0.5) is 5.69 Å². The molecule has 5 atom stereocenters. The molecule has 0 amide bonds. The van der Waals surface area contributed by atoms with Gasteiger partial charge in [-0.2, -0.15) is 0 Å². The van der Waals surface area contributed by atoms with E-state index < -0.39 is 41.6 Å². The molecule has 1 aliphatic rings. The van der Waals surface area contributed by atoms with Crippen LogP contribution in [0.5, 0.6) is 5.75 Å². The number of rotatable bonds is 5. The van der Waals surface area contributed by atoms with Gasteiger partial charge in [0.15, 0.2) is 12.4 Å². The summed E-state index contributed by atoms with van der Waals surface area (Å²) < 4.78 is 14.8. The highest BCUT2D eigenvalue weighted by Crippen LogP contribution is 2.28. The predicted octanol–water partition coefficient (Wildman–Crippen LogP) is -0.207. The summed E-state index contributed by atoms with van der Waals surface area (Å²) in [5.41, 5.74) is -0.567. The Balaban J connectivity index is 0.00000176. The van der Waals surface area contributed by atoms with Crippen LogP contribution in [-0.2, 0) is 14.3 Å². The van der Waals surface area contributed by atoms with Crippen molar-refractivity contribution in [2.75, 3.05) is 7.11 Å². The standard InChI is InChI=1S/C14H15NO10.C2H6/c1-23-13(20)12-10(18)9(17)11(19)14(25-12)24-8-3-2-7(15(21)22)4-6(8)5-16;1-2/h2-5,9-12,14,17-19H,1H3;1-2H3. The van der Waals surface area contributed by atoms with Crippen molar-refractivity contribution in [2.24, 2.45) is 0 Å². The first-order valence-corrected chi connectivity index (χ1v) is 7.98. The molecule has 1 saturated heterocycles. The largest absolute Gasteiger partial charge is 0.467 e. The highest BCUT2D eigenvalue weighted by molar-refractivity contribution is 5.80. The van der Waals surface area contributed by atoms with Crippen molar-refractivity contribution in [3.63, 3.8) is 0 Å². The molecule has 11 nitrogen and oxygen atoms in total. The Morgan fingerprint density at radius 1 is 1.22 bits per heavy atom. The Kier molecular flexibility index (Phi) is 8.25. The summed E-state index contributed by atoms with van der Waals surface area (Å²) in [7, 11) is 1.03. The maximum absolute atomic E-state index is 11.6. The van der Waals surface area contributed by atoms with Crippen LogP contribution in [0.3, 0.4) is 0 Å². The second-order valence-corrected chi connectivity index (χ2v) is 5.13. The van der Waals surface area contributed by atoms with E-state index in [1.165, 1.54) is 0 Å². The van der Waals surface area contributed by atoms with Crippen molar-refractivity contribution in [1.82, 2.24) is 0 Å². The fourth-order valence-electron chi connectivity index (χ4n) is 2.23. The Bertz CT molecular complexity index is 679. The third kappa shape index (κ3) is 4.98. The molecule has 1 aromatic rings. The van der Waals surface area contributed by atoms with Gasteiger partial charge in [0, 0.05) is 12.1 Å². The number of aliphatic hydroxyl groups excluding tert-OH is 3. The number of carbonyl (C=O) groups excluding carboxylic acids is 2. The van der Waals surface area contributed by atoms with Crippen LogP contribution in [0.2, 0.25) is 0 Å². The molecule has 11 heteroatoms. The van der Waals surface area contributed by atoms with Crippen LogP contribution in [0.15, 0.2) is 18.2 Å². The molecular formula is C16H21NO10. The zero-order valence-corrected chi connectivity index (χ0v) is 14.8. The average Bonchev–Trinajstić information content (AvgIpc) is 2.69. The number of carbonyl (C=O) groups is 2. The van der Waals surface area contributed by atoms with Gasteiger partial charge in [-0.15, -0.1) is 0 Å². The fraction of sp³-hybridized carbons (Fsp3) is 0.500. The first-order chi connectivity index (χ1) is 12.8. The topological polar surface area (TPSA) is 166 Å². The number of hydrogen-bond acceptors (Lipinski definition) is 10. The molecule has 0 spiro atoms. The van der Waals surface area contributed by atoms with Crippen LogP contribution >= 0.6 is 0 Å². The SMILES string of the molecule is CC.COC(=O)C1OC(Oc2ccc([N+](=O)[O-])cc2C=O)C(O)C(O)C1O. The van der Waals surface area contributed by atoms with E-state index >= 15 is 0 Å². The predicted molar refractivity (Wildman–Crippen MR) is 89.2 cm³/mol. The molecule has 150 valence electrons. The molecule has 0 aliphatic carbocycles. The minimum atomic E-state index is -1.79. The Morgan fingerprint density at radius 3 is 2.37 bits per heavy atom. The molecule has 0 bridgehead atoms.